The predicted octanol–water partition coefficient (Wildman–Crippen LogP) is -0.331. The minimum atomic E-state index is -1.71. The average Bonchev–Trinajstić information content (AvgIpc) is 2.87. The van der Waals surface area contributed by atoms with Crippen molar-refractivity contribution in [2.24, 2.45) is 0 Å². The Morgan fingerprint density at radius 2 is 0.818 bits per heavy atom. The minimum absolute atomic E-state index is 0.430. The first-order chi connectivity index (χ1) is 20.5. The average molecular weight is 635 g/mol. The monoisotopic (exact) mass is 634 g/mol. The Morgan fingerprint density at radius 1 is 0.455 bits per heavy atom. The van der Waals surface area contributed by atoms with Gasteiger partial charge in [0.25, 0.3) is 0 Å². The zero-order chi connectivity index (χ0) is 33.3. The lowest BCUT2D eigenvalue weighted by atomic mass is 9.94. The van der Waals surface area contributed by atoms with Crippen molar-refractivity contribution in [1.82, 2.24) is 0 Å². The summed E-state index contributed by atoms with van der Waals surface area (Å²) in [5.41, 5.74) is 0. The number of esters is 7. The Balaban J connectivity index is 2.66. The van der Waals surface area contributed by atoms with E-state index in [4.69, 9.17) is 47.4 Å². The summed E-state index contributed by atoms with van der Waals surface area (Å²) in [5.74, 6) is -5.54. The highest BCUT2D eigenvalue weighted by Crippen LogP contribution is 2.35. The third kappa shape index (κ3) is 10.7. The van der Waals surface area contributed by atoms with Gasteiger partial charge in [-0.15, -0.1) is 0 Å². The largest absolute Gasteiger partial charge is 0.463 e. The Morgan fingerprint density at radius 3 is 1.25 bits per heavy atom. The number of ether oxygens (including phenoxy) is 10. The van der Waals surface area contributed by atoms with Crippen molar-refractivity contribution in [2.75, 3.05) is 13.2 Å². The molecule has 0 aromatic carbocycles. The van der Waals surface area contributed by atoms with Gasteiger partial charge in [0.2, 0.25) is 0 Å². The lowest BCUT2D eigenvalue weighted by Gasteiger charge is -2.48. The molecule has 44 heavy (non-hydrogen) atoms. The van der Waals surface area contributed by atoms with E-state index < -0.39 is 116 Å². The molecule has 0 radical (unpaired) electrons. The maximum Gasteiger partial charge on any atom is 0.303 e. The van der Waals surface area contributed by atoms with E-state index in [0.717, 1.165) is 48.5 Å². The first kappa shape index (κ1) is 36.4. The van der Waals surface area contributed by atoms with Gasteiger partial charge in [0.05, 0.1) is 6.10 Å². The van der Waals surface area contributed by atoms with E-state index in [1.807, 2.05) is 0 Å². The highest BCUT2D eigenvalue weighted by Gasteiger charge is 2.56. The molecule has 0 N–H and O–H groups in total. The van der Waals surface area contributed by atoms with Gasteiger partial charge in [0, 0.05) is 48.5 Å². The van der Waals surface area contributed by atoms with Gasteiger partial charge in [0.1, 0.15) is 31.5 Å². The van der Waals surface area contributed by atoms with Gasteiger partial charge >= 0.3 is 41.8 Å². The van der Waals surface area contributed by atoms with E-state index in [1.165, 1.54) is 6.92 Å². The Hall–Kier alpha value is -3.83. The van der Waals surface area contributed by atoms with Crippen LogP contribution in [-0.4, -0.2) is 116 Å². The molecular formula is C27H38O17. The van der Waals surface area contributed by atoms with Gasteiger partial charge in [0.15, 0.2) is 36.8 Å². The number of hydrogen-bond acceptors (Lipinski definition) is 17. The topological polar surface area (TPSA) is 212 Å². The van der Waals surface area contributed by atoms with Crippen LogP contribution in [0.3, 0.4) is 0 Å². The van der Waals surface area contributed by atoms with Crippen LogP contribution in [0.15, 0.2) is 0 Å². The summed E-state index contributed by atoms with van der Waals surface area (Å²) in [5, 5.41) is 0. The fourth-order valence-electron chi connectivity index (χ4n) is 4.73. The Bertz CT molecular complexity index is 1090. The molecule has 0 aromatic heterocycles. The molecule has 0 aromatic rings. The van der Waals surface area contributed by atoms with Crippen LogP contribution in [0, 0.1) is 0 Å². The molecule has 2 heterocycles. The maximum absolute atomic E-state index is 12.2. The van der Waals surface area contributed by atoms with Gasteiger partial charge in [-0.1, -0.05) is 0 Å². The van der Waals surface area contributed by atoms with Crippen LogP contribution in [0.1, 0.15) is 55.4 Å². The van der Waals surface area contributed by atoms with Crippen molar-refractivity contribution in [3.05, 3.63) is 0 Å². The quantitative estimate of drug-likeness (QED) is 0.210. The van der Waals surface area contributed by atoms with Crippen LogP contribution < -0.4 is 0 Å². The van der Waals surface area contributed by atoms with E-state index >= 15 is 0 Å². The third-order valence-corrected chi connectivity index (χ3v) is 6.16. The van der Waals surface area contributed by atoms with Crippen LogP contribution in [0.4, 0.5) is 0 Å². The predicted molar refractivity (Wildman–Crippen MR) is 139 cm³/mol. The first-order valence-corrected chi connectivity index (χ1v) is 13.6. The standard InChI is InChI=1S/C27H38O17/c1-11-21(38-14(4)30)24(40-16(6)32)23(19(37-11)9-35-12(2)28)44-27-26(42-18(8)34)25(41-17(7)33)22(39-15(5)31)20(43-27)10-36-13(3)29/h11,19-27H,9-10H2,1-8H3/t11?,19-,20-,21+,22+,23-,24-,25+,26-,27+/m1/s1. The molecule has 0 aliphatic carbocycles. The molecular weight excluding hydrogens is 596 g/mol. The van der Waals surface area contributed by atoms with Crippen molar-refractivity contribution < 1.29 is 80.9 Å². The molecule has 10 atom stereocenters. The van der Waals surface area contributed by atoms with Crippen LogP contribution in [-0.2, 0) is 80.9 Å². The van der Waals surface area contributed by atoms with Gasteiger partial charge < -0.3 is 47.4 Å². The summed E-state index contributed by atoms with van der Waals surface area (Å²) in [4.78, 5) is 83.8. The van der Waals surface area contributed by atoms with E-state index in [9.17, 15) is 33.6 Å². The molecule has 0 amide bonds. The molecule has 0 saturated carbocycles. The van der Waals surface area contributed by atoms with Crippen LogP contribution in [0.5, 0.6) is 0 Å². The first-order valence-electron chi connectivity index (χ1n) is 13.6. The van der Waals surface area contributed by atoms with Crippen molar-refractivity contribution in [2.45, 2.75) is 117 Å². The summed E-state index contributed by atoms with van der Waals surface area (Å²) in [7, 11) is 0. The molecule has 17 heteroatoms. The summed E-state index contributed by atoms with van der Waals surface area (Å²) in [6.45, 7) is 8.20. The van der Waals surface area contributed by atoms with E-state index in [1.54, 1.807) is 0 Å². The second kappa shape index (κ2) is 16.3. The SMILES string of the molecule is CC(=O)OC[C@H]1O[C@@H](O[C@H]2[C@H](OC(C)=O)[C@@H](OC(C)=O)C(C)O[C@@H]2COC(C)=O)[C@H](OC(C)=O)[C@@H](OC(C)=O)[C@H]1OC(C)=O. The summed E-state index contributed by atoms with van der Waals surface area (Å²) >= 11 is 0. The molecule has 2 fully saturated rings. The normalized spacial score (nSPS) is 31.5. The molecule has 1 unspecified atom stereocenters. The molecule has 2 aliphatic heterocycles. The van der Waals surface area contributed by atoms with Crippen molar-refractivity contribution in [3.8, 4) is 0 Å². The molecule has 248 valence electrons. The fourth-order valence-corrected chi connectivity index (χ4v) is 4.73. The highest BCUT2D eigenvalue weighted by atomic mass is 16.8. The lowest BCUT2D eigenvalue weighted by Crippen LogP contribution is -2.66. The van der Waals surface area contributed by atoms with Crippen LogP contribution >= 0.6 is 0 Å². The number of carbonyl (C=O) groups excluding carboxylic acids is 7. The minimum Gasteiger partial charge on any atom is -0.463 e. The zero-order valence-corrected chi connectivity index (χ0v) is 25.6. The van der Waals surface area contributed by atoms with Crippen LogP contribution in [0.25, 0.3) is 0 Å². The van der Waals surface area contributed by atoms with E-state index in [-0.39, 0.29) is 0 Å². The number of carbonyl (C=O) groups is 7. The van der Waals surface area contributed by atoms with E-state index in [2.05, 4.69) is 0 Å². The molecule has 2 aliphatic rings. The molecule has 2 saturated heterocycles. The van der Waals surface area contributed by atoms with Gasteiger partial charge in [-0.25, -0.2) is 0 Å². The fraction of sp³-hybridized carbons (Fsp3) is 0.741. The number of rotatable bonds is 11. The second-order valence-corrected chi connectivity index (χ2v) is 10.00. The lowest BCUT2D eigenvalue weighted by molar-refractivity contribution is -0.344. The Kier molecular flexibility index (Phi) is 13.5. The Labute approximate surface area is 252 Å². The molecule has 0 spiro atoms. The molecule has 17 nitrogen and oxygen atoms in total. The summed E-state index contributed by atoms with van der Waals surface area (Å²) in [6.07, 6.45) is -13.9. The van der Waals surface area contributed by atoms with Gasteiger partial charge in [-0.05, 0) is 6.92 Å². The molecule has 2 rings (SSSR count). The van der Waals surface area contributed by atoms with Gasteiger partial charge in [-0.2, -0.15) is 0 Å². The smallest absolute Gasteiger partial charge is 0.303 e. The zero-order valence-electron chi connectivity index (χ0n) is 25.6. The van der Waals surface area contributed by atoms with Gasteiger partial charge in [-0.3, -0.25) is 33.6 Å². The highest BCUT2D eigenvalue weighted by molar-refractivity contribution is 5.69. The maximum atomic E-state index is 12.2. The van der Waals surface area contributed by atoms with Crippen LogP contribution in [0.2, 0.25) is 0 Å². The van der Waals surface area contributed by atoms with E-state index in [0.29, 0.717) is 0 Å². The van der Waals surface area contributed by atoms with Crippen molar-refractivity contribution in [3.63, 3.8) is 0 Å². The van der Waals surface area contributed by atoms with Crippen molar-refractivity contribution in [1.29, 1.82) is 0 Å². The summed E-state index contributed by atoms with van der Waals surface area (Å²) in [6, 6.07) is 0. The summed E-state index contributed by atoms with van der Waals surface area (Å²) < 4.78 is 55.4. The third-order valence-electron chi connectivity index (χ3n) is 6.16. The molecule has 0 bridgehead atoms. The second-order valence-electron chi connectivity index (χ2n) is 10.00. The van der Waals surface area contributed by atoms with Crippen molar-refractivity contribution >= 4 is 41.8 Å². The number of hydrogen-bond donors (Lipinski definition) is 0.